The molecule has 0 saturated carbocycles. The summed E-state index contributed by atoms with van der Waals surface area (Å²) in [7, 11) is 0. The summed E-state index contributed by atoms with van der Waals surface area (Å²) in [5, 5.41) is 14.6. The maximum absolute atomic E-state index is 10.6. The van der Waals surface area contributed by atoms with Crippen LogP contribution in [0.25, 0.3) is 0 Å². The highest BCUT2D eigenvalue weighted by atomic mass is 35.5. The van der Waals surface area contributed by atoms with Crippen molar-refractivity contribution in [3.05, 3.63) is 28.2 Å². The summed E-state index contributed by atoms with van der Waals surface area (Å²) < 4.78 is 11.6. The molecular weight excluding hydrogens is 427 g/mol. The van der Waals surface area contributed by atoms with E-state index in [1.807, 2.05) is 11.0 Å². The average Bonchev–Trinajstić information content (AvgIpc) is 2.77. The molecular formula is C21H32Cl2N4O3. The number of aliphatic hydroxyl groups excluding tert-OH is 1. The number of hydrogen-bond acceptors (Lipinski definition) is 7. The van der Waals surface area contributed by atoms with Crippen LogP contribution in [0.5, 0.6) is 0 Å². The number of nitrogens with one attached hydrogen (secondary N) is 1. The van der Waals surface area contributed by atoms with Gasteiger partial charge in [-0.3, -0.25) is 14.7 Å². The van der Waals surface area contributed by atoms with Gasteiger partial charge in [0.05, 0.1) is 22.8 Å². The molecule has 3 saturated heterocycles. The summed E-state index contributed by atoms with van der Waals surface area (Å²) in [4.78, 5) is 7.08. The van der Waals surface area contributed by atoms with E-state index in [0.29, 0.717) is 16.1 Å². The van der Waals surface area contributed by atoms with Crippen molar-refractivity contribution in [2.75, 3.05) is 71.0 Å². The largest absolute Gasteiger partial charge is 0.381 e. The number of benzene rings is 1. The molecule has 9 heteroatoms. The Morgan fingerprint density at radius 1 is 1.03 bits per heavy atom. The van der Waals surface area contributed by atoms with E-state index in [9.17, 15) is 5.11 Å². The molecule has 0 radical (unpaired) electrons. The fourth-order valence-corrected chi connectivity index (χ4v) is 4.84. The highest BCUT2D eigenvalue weighted by Gasteiger charge is 2.30. The Bertz CT molecular complexity index is 684. The summed E-state index contributed by atoms with van der Waals surface area (Å²) in [5.41, 5.74) is 0.753. The minimum Gasteiger partial charge on any atom is -0.381 e. The summed E-state index contributed by atoms with van der Waals surface area (Å²) >= 11 is 12.0. The molecule has 0 bridgehead atoms. The van der Waals surface area contributed by atoms with E-state index in [4.69, 9.17) is 32.7 Å². The molecule has 0 amide bonds. The van der Waals surface area contributed by atoms with Crippen LogP contribution < -0.4 is 5.32 Å². The first-order valence-corrected chi connectivity index (χ1v) is 11.6. The molecule has 2 atom stereocenters. The molecule has 3 aliphatic rings. The summed E-state index contributed by atoms with van der Waals surface area (Å²) in [5.74, 6) is 0. The first kappa shape index (κ1) is 22.6. The van der Waals surface area contributed by atoms with Crippen LogP contribution in [0.3, 0.4) is 0 Å². The lowest BCUT2D eigenvalue weighted by Gasteiger charge is -2.42. The van der Waals surface area contributed by atoms with Gasteiger partial charge >= 0.3 is 0 Å². The number of nitrogens with zero attached hydrogens (tertiary/aromatic N) is 3. The number of halogens is 2. The van der Waals surface area contributed by atoms with Crippen molar-refractivity contribution in [1.29, 1.82) is 0 Å². The lowest BCUT2D eigenvalue weighted by Crippen LogP contribution is -2.56. The second kappa shape index (κ2) is 10.8. The molecule has 1 aromatic rings. The zero-order chi connectivity index (χ0) is 20.9. The Balaban J connectivity index is 1.20. The van der Waals surface area contributed by atoms with E-state index in [1.54, 1.807) is 12.1 Å². The third-order valence-electron chi connectivity index (χ3n) is 6.31. The molecule has 0 spiro atoms. The molecule has 30 heavy (non-hydrogen) atoms. The maximum atomic E-state index is 10.6. The number of morpholine rings is 1. The Hall–Kier alpha value is -0.640. The highest BCUT2D eigenvalue weighted by Crippen LogP contribution is 2.25. The van der Waals surface area contributed by atoms with E-state index in [-0.39, 0.29) is 6.10 Å². The van der Waals surface area contributed by atoms with Gasteiger partial charge in [-0.05, 0) is 31.0 Å². The van der Waals surface area contributed by atoms with Gasteiger partial charge < -0.3 is 19.9 Å². The number of aliphatic hydroxyl groups is 1. The van der Waals surface area contributed by atoms with Crippen molar-refractivity contribution in [1.82, 2.24) is 14.7 Å². The number of ether oxygens (including phenoxy) is 2. The van der Waals surface area contributed by atoms with Gasteiger partial charge in [-0.2, -0.15) is 0 Å². The average molecular weight is 459 g/mol. The topological polar surface area (TPSA) is 60.4 Å². The van der Waals surface area contributed by atoms with Gasteiger partial charge in [0.2, 0.25) is 0 Å². The molecule has 1 aromatic carbocycles. The number of hydrogen-bond donors (Lipinski definition) is 2. The van der Waals surface area contributed by atoms with Crippen molar-refractivity contribution in [3.8, 4) is 0 Å². The van der Waals surface area contributed by atoms with Crippen molar-refractivity contribution in [3.63, 3.8) is 0 Å². The molecule has 4 rings (SSSR count). The van der Waals surface area contributed by atoms with Crippen LogP contribution in [0, 0.1) is 0 Å². The SMILES string of the molecule is OC(Nc1ccc(Cl)c(Cl)c1)N1CCN(C[C@H]2CN(C3CCOCC3)CCO2)CC1. The fraction of sp³-hybridized carbons (Fsp3) is 0.714. The fourth-order valence-electron chi connectivity index (χ4n) is 4.54. The lowest BCUT2D eigenvalue weighted by atomic mass is 10.1. The van der Waals surface area contributed by atoms with Crippen LogP contribution in [0.2, 0.25) is 10.0 Å². The summed E-state index contributed by atoms with van der Waals surface area (Å²) in [6, 6.07) is 5.92. The number of anilines is 1. The van der Waals surface area contributed by atoms with Gasteiger partial charge in [-0.15, -0.1) is 0 Å². The monoisotopic (exact) mass is 458 g/mol. The van der Waals surface area contributed by atoms with Crippen molar-refractivity contribution in [2.24, 2.45) is 0 Å². The normalized spacial score (nSPS) is 26.6. The zero-order valence-electron chi connectivity index (χ0n) is 17.3. The van der Waals surface area contributed by atoms with E-state index in [1.165, 1.54) is 0 Å². The van der Waals surface area contributed by atoms with Crippen LogP contribution in [0.1, 0.15) is 12.8 Å². The third kappa shape index (κ3) is 5.99. The quantitative estimate of drug-likeness (QED) is 0.633. The number of piperazine rings is 1. The minimum absolute atomic E-state index is 0.257. The number of rotatable bonds is 6. The molecule has 168 valence electrons. The second-order valence-electron chi connectivity index (χ2n) is 8.31. The van der Waals surface area contributed by atoms with Gasteiger partial charge in [0, 0.05) is 70.8 Å². The standard InChI is InChI=1S/C21H32Cl2N4O3/c22-19-2-1-16(13-20(19)23)24-21(28)26-7-5-25(6-8-26)14-18-15-27(9-12-30-18)17-3-10-29-11-4-17/h1-2,13,17-18,21,24,28H,3-12,14-15H2/t18-,21?/m0/s1. The maximum Gasteiger partial charge on any atom is 0.184 e. The van der Waals surface area contributed by atoms with Gasteiger partial charge in [-0.25, -0.2) is 0 Å². The summed E-state index contributed by atoms with van der Waals surface area (Å²) in [6.45, 7) is 8.98. The van der Waals surface area contributed by atoms with Crippen LogP contribution in [0.4, 0.5) is 5.69 Å². The van der Waals surface area contributed by atoms with Crippen molar-refractivity contribution < 1.29 is 14.6 Å². The van der Waals surface area contributed by atoms with E-state index >= 15 is 0 Å². The van der Waals surface area contributed by atoms with E-state index in [0.717, 1.165) is 84.2 Å². The van der Waals surface area contributed by atoms with Crippen LogP contribution >= 0.6 is 23.2 Å². The summed E-state index contributed by atoms with van der Waals surface area (Å²) in [6.07, 6.45) is 1.77. The van der Waals surface area contributed by atoms with Crippen LogP contribution in [0.15, 0.2) is 18.2 Å². The predicted molar refractivity (Wildman–Crippen MR) is 119 cm³/mol. The van der Waals surface area contributed by atoms with Crippen molar-refractivity contribution >= 4 is 28.9 Å². The highest BCUT2D eigenvalue weighted by molar-refractivity contribution is 6.42. The van der Waals surface area contributed by atoms with Gasteiger partial charge in [0.15, 0.2) is 6.35 Å². The Morgan fingerprint density at radius 2 is 1.80 bits per heavy atom. The third-order valence-corrected chi connectivity index (χ3v) is 7.05. The van der Waals surface area contributed by atoms with Gasteiger partial charge in [0.25, 0.3) is 0 Å². The van der Waals surface area contributed by atoms with Crippen LogP contribution in [-0.2, 0) is 9.47 Å². The Labute approximate surface area is 188 Å². The van der Waals surface area contributed by atoms with Gasteiger partial charge in [-0.1, -0.05) is 23.2 Å². The Kier molecular flexibility index (Phi) is 8.11. The van der Waals surface area contributed by atoms with Gasteiger partial charge in [0.1, 0.15) is 0 Å². The molecule has 7 nitrogen and oxygen atoms in total. The first-order chi connectivity index (χ1) is 14.6. The molecule has 2 N–H and O–H groups in total. The van der Waals surface area contributed by atoms with E-state index in [2.05, 4.69) is 15.1 Å². The molecule has 3 fully saturated rings. The minimum atomic E-state index is -0.751. The molecule has 0 aliphatic carbocycles. The molecule has 0 aromatic heterocycles. The second-order valence-corrected chi connectivity index (χ2v) is 9.13. The smallest absolute Gasteiger partial charge is 0.184 e. The van der Waals surface area contributed by atoms with Crippen molar-refractivity contribution in [2.45, 2.75) is 31.3 Å². The first-order valence-electron chi connectivity index (χ1n) is 10.9. The molecule has 1 unspecified atom stereocenters. The predicted octanol–water partition coefficient (Wildman–Crippen LogP) is 2.18. The zero-order valence-corrected chi connectivity index (χ0v) is 18.8. The van der Waals surface area contributed by atoms with Crippen LogP contribution in [-0.4, -0.2) is 104 Å². The Morgan fingerprint density at radius 3 is 2.53 bits per heavy atom. The van der Waals surface area contributed by atoms with E-state index < -0.39 is 6.35 Å². The molecule has 3 heterocycles. The lowest BCUT2D eigenvalue weighted by molar-refractivity contribution is -0.0785. The molecule has 3 aliphatic heterocycles.